The summed E-state index contributed by atoms with van der Waals surface area (Å²) < 4.78 is 23.3. The largest absolute Gasteiger partial charge is 0.400 e. The predicted octanol–water partition coefficient (Wildman–Crippen LogP) is 1.16. The summed E-state index contributed by atoms with van der Waals surface area (Å²) in [6.45, 7) is 3.89. The average Bonchev–Trinajstić information content (AvgIpc) is 3.25. The van der Waals surface area contributed by atoms with Crippen molar-refractivity contribution in [2.24, 2.45) is 0 Å². The quantitative estimate of drug-likeness (QED) is 0.744. The van der Waals surface area contributed by atoms with Gasteiger partial charge in [0, 0.05) is 31.9 Å². The summed E-state index contributed by atoms with van der Waals surface area (Å²) in [5, 5.41) is 11.1. The molecule has 0 spiro atoms. The topological polar surface area (TPSA) is 110 Å². The van der Waals surface area contributed by atoms with Gasteiger partial charge in [-0.1, -0.05) is 10.3 Å². The third kappa shape index (κ3) is 3.43. The zero-order valence-electron chi connectivity index (χ0n) is 13.3. The van der Waals surface area contributed by atoms with Gasteiger partial charge < -0.3 is 19.6 Å². The van der Waals surface area contributed by atoms with E-state index in [2.05, 4.69) is 30.1 Å². The Morgan fingerprint density at radius 1 is 1.08 bits per heavy atom. The van der Waals surface area contributed by atoms with E-state index in [4.69, 9.17) is 14.7 Å². The van der Waals surface area contributed by atoms with Crippen LogP contribution in [-0.2, 0) is 6.54 Å². The Kier molecular flexibility index (Phi) is 4.02. The van der Waals surface area contributed by atoms with Gasteiger partial charge in [-0.2, -0.15) is 4.98 Å². The van der Waals surface area contributed by atoms with Gasteiger partial charge in [0.1, 0.15) is 5.82 Å². The van der Waals surface area contributed by atoms with Crippen LogP contribution in [0.25, 0.3) is 11.7 Å². The summed E-state index contributed by atoms with van der Waals surface area (Å²) in [6, 6.07) is 6.51. The second kappa shape index (κ2) is 6.48. The van der Waals surface area contributed by atoms with Crippen LogP contribution in [0.4, 0.5) is 16.1 Å². The lowest BCUT2D eigenvalue weighted by atomic mass is 10.2. The van der Waals surface area contributed by atoms with E-state index in [0.717, 1.165) is 31.9 Å². The van der Waals surface area contributed by atoms with Crippen LogP contribution in [0.3, 0.4) is 0 Å². The monoisotopic (exact) mass is 345 g/mol. The SMILES string of the molecule is Nc1nnc(-c2noc(CN3CCN(c4ccc(F)cc4)CC3)n2)o1. The van der Waals surface area contributed by atoms with Crippen LogP contribution in [0.1, 0.15) is 5.89 Å². The zero-order chi connectivity index (χ0) is 17.2. The Hall–Kier alpha value is -3.01. The van der Waals surface area contributed by atoms with E-state index in [1.807, 2.05) is 0 Å². The average molecular weight is 345 g/mol. The Bertz CT molecular complexity index is 840. The highest BCUT2D eigenvalue weighted by Crippen LogP contribution is 2.19. The Morgan fingerprint density at radius 3 is 2.52 bits per heavy atom. The third-order valence-electron chi connectivity index (χ3n) is 4.02. The van der Waals surface area contributed by atoms with E-state index >= 15 is 0 Å². The molecular weight excluding hydrogens is 329 g/mol. The van der Waals surface area contributed by atoms with E-state index in [1.165, 1.54) is 12.1 Å². The summed E-state index contributed by atoms with van der Waals surface area (Å²) in [7, 11) is 0. The molecule has 130 valence electrons. The van der Waals surface area contributed by atoms with E-state index in [9.17, 15) is 4.39 Å². The van der Waals surface area contributed by atoms with E-state index in [0.29, 0.717) is 12.4 Å². The molecule has 3 heterocycles. The maximum Gasteiger partial charge on any atom is 0.313 e. The molecule has 0 aliphatic carbocycles. The van der Waals surface area contributed by atoms with Crippen molar-refractivity contribution >= 4 is 11.7 Å². The number of piperazine rings is 1. The van der Waals surface area contributed by atoms with Crippen molar-refractivity contribution < 1.29 is 13.3 Å². The minimum atomic E-state index is -0.224. The van der Waals surface area contributed by atoms with E-state index < -0.39 is 0 Å². The smallest absolute Gasteiger partial charge is 0.313 e. The molecule has 0 unspecified atom stereocenters. The van der Waals surface area contributed by atoms with Gasteiger partial charge in [0.05, 0.1) is 6.54 Å². The third-order valence-corrected chi connectivity index (χ3v) is 4.02. The molecule has 1 fully saturated rings. The molecular formula is C15H16FN7O2. The number of nitrogen functional groups attached to an aromatic ring is 1. The summed E-state index contributed by atoms with van der Waals surface area (Å²) in [5.41, 5.74) is 6.40. The van der Waals surface area contributed by atoms with Crippen molar-refractivity contribution in [3.05, 3.63) is 36.0 Å². The fraction of sp³-hybridized carbons (Fsp3) is 0.333. The maximum atomic E-state index is 13.0. The summed E-state index contributed by atoms with van der Waals surface area (Å²) in [6.07, 6.45) is 0. The highest BCUT2D eigenvalue weighted by Gasteiger charge is 2.21. The summed E-state index contributed by atoms with van der Waals surface area (Å²) >= 11 is 0. The van der Waals surface area contributed by atoms with Crippen LogP contribution in [0.2, 0.25) is 0 Å². The second-order valence-corrected chi connectivity index (χ2v) is 5.70. The number of halogens is 1. The predicted molar refractivity (Wildman–Crippen MR) is 85.9 cm³/mol. The van der Waals surface area contributed by atoms with Crippen LogP contribution in [0.15, 0.2) is 33.2 Å². The number of hydrogen-bond donors (Lipinski definition) is 1. The molecule has 2 aromatic heterocycles. The number of aromatic nitrogens is 4. The molecule has 1 saturated heterocycles. The summed E-state index contributed by atoms with van der Waals surface area (Å²) in [4.78, 5) is 8.67. The molecule has 1 aliphatic rings. The van der Waals surface area contributed by atoms with Gasteiger partial charge in [-0.25, -0.2) is 4.39 Å². The first-order valence-electron chi connectivity index (χ1n) is 7.82. The van der Waals surface area contributed by atoms with Gasteiger partial charge in [0.2, 0.25) is 5.89 Å². The zero-order valence-corrected chi connectivity index (χ0v) is 13.3. The Morgan fingerprint density at radius 2 is 1.84 bits per heavy atom. The van der Waals surface area contributed by atoms with E-state index in [-0.39, 0.29) is 23.5 Å². The molecule has 9 nitrogen and oxygen atoms in total. The maximum absolute atomic E-state index is 13.0. The molecule has 0 atom stereocenters. The van der Waals surface area contributed by atoms with Gasteiger partial charge in [-0.3, -0.25) is 4.90 Å². The number of hydrogen-bond acceptors (Lipinski definition) is 9. The molecule has 0 bridgehead atoms. The fourth-order valence-corrected chi connectivity index (χ4v) is 2.74. The minimum Gasteiger partial charge on any atom is -0.400 e. The van der Waals surface area contributed by atoms with Gasteiger partial charge in [-0.15, -0.1) is 5.10 Å². The molecule has 0 amide bonds. The first-order chi connectivity index (χ1) is 12.2. The lowest BCUT2D eigenvalue weighted by Gasteiger charge is -2.35. The normalized spacial score (nSPS) is 15.6. The highest BCUT2D eigenvalue weighted by atomic mass is 19.1. The van der Waals surface area contributed by atoms with Crippen LogP contribution in [0.5, 0.6) is 0 Å². The number of rotatable bonds is 4. The lowest BCUT2D eigenvalue weighted by Crippen LogP contribution is -2.46. The minimum absolute atomic E-state index is 0.0433. The van der Waals surface area contributed by atoms with Gasteiger partial charge in [0.15, 0.2) is 0 Å². The van der Waals surface area contributed by atoms with Crippen molar-refractivity contribution in [1.29, 1.82) is 0 Å². The Labute approximate surface area is 142 Å². The molecule has 10 heteroatoms. The highest BCUT2D eigenvalue weighted by molar-refractivity contribution is 5.46. The number of nitrogens with two attached hydrogens (primary N) is 1. The molecule has 1 aliphatic heterocycles. The van der Waals surface area contributed by atoms with Gasteiger partial charge in [-0.05, 0) is 24.3 Å². The molecule has 3 aromatic rings. The molecule has 1 aromatic carbocycles. The fourth-order valence-electron chi connectivity index (χ4n) is 2.74. The number of nitrogens with zero attached hydrogens (tertiary/aromatic N) is 6. The number of anilines is 2. The molecule has 0 radical (unpaired) electrons. The van der Waals surface area contributed by atoms with Crippen molar-refractivity contribution in [3.8, 4) is 11.7 Å². The first kappa shape index (κ1) is 15.5. The molecule has 25 heavy (non-hydrogen) atoms. The second-order valence-electron chi connectivity index (χ2n) is 5.70. The Balaban J connectivity index is 1.34. The van der Waals surface area contributed by atoms with Crippen LogP contribution in [-0.4, -0.2) is 51.4 Å². The lowest BCUT2D eigenvalue weighted by molar-refractivity contribution is 0.215. The molecule has 0 saturated carbocycles. The van der Waals surface area contributed by atoms with Gasteiger partial charge >= 0.3 is 6.01 Å². The van der Waals surface area contributed by atoms with Crippen molar-refractivity contribution in [2.75, 3.05) is 36.8 Å². The standard InChI is InChI=1S/C15H16FN7O2/c16-10-1-3-11(4-2-10)23-7-5-22(6-8-23)9-12-18-13(21-25-12)14-19-20-15(17)24-14/h1-4H,5-9H2,(H2,17,20). The van der Waals surface area contributed by atoms with Crippen LogP contribution >= 0.6 is 0 Å². The molecule has 4 rings (SSSR count). The molecule has 2 N–H and O–H groups in total. The van der Waals surface area contributed by atoms with Crippen molar-refractivity contribution in [1.82, 2.24) is 25.2 Å². The van der Waals surface area contributed by atoms with E-state index in [1.54, 1.807) is 12.1 Å². The van der Waals surface area contributed by atoms with Crippen molar-refractivity contribution in [3.63, 3.8) is 0 Å². The van der Waals surface area contributed by atoms with Gasteiger partial charge in [0.25, 0.3) is 11.7 Å². The van der Waals surface area contributed by atoms with Crippen LogP contribution in [0, 0.1) is 5.82 Å². The number of benzene rings is 1. The van der Waals surface area contributed by atoms with Crippen LogP contribution < -0.4 is 10.6 Å². The first-order valence-corrected chi connectivity index (χ1v) is 7.82. The van der Waals surface area contributed by atoms with Crippen molar-refractivity contribution in [2.45, 2.75) is 6.54 Å². The summed E-state index contributed by atoms with van der Waals surface area (Å²) in [5.74, 6) is 0.609.